The number of amides is 1. The molecule has 0 spiro atoms. The topological polar surface area (TPSA) is 71.3 Å². The molecule has 1 amide bonds. The largest absolute Gasteiger partial charge is 0.366 e. The number of benzene rings is 2. The van der Waals surface area contributed by atoms with Crippen LogP contribution in [0.15, 0.2) is 47.6 Å². The van der Waals surface area contributed by atoms with Crippen LogP contribution in [0.3, 0.4) is 0 Å². The van der Waals surface area contributed by atoms with E-state index < -0.39 is 5.82 Å². The summed E-state index contributed by atoms with van der Waals surface area (Å²) in [5, 5.41) is 9.44. The van der Waals surface area contributed by atoms with Gasteiger partial charge in [0.05, 0.1) is 11.4 Å². The lowest BCUT2D eigenvalue weighted by atomic mass is 10.1. The predicted octanol–water partition coefficient (Wildman–Crippen LogP) is 4.06. The Bertz CT molecular complexity index is 1200. The third-order valence-electron chi connectivity index (χ3n) is 6.07. The fourth-order valence-corrected chi connectivity index (χ4v) is 5.01. The third-order valence-corrected chi connectivity index (χ3v) is 7.02. The number of hydrogen-bond donors (Lipinski definition) is 0. The van der Waals surface area contributed by atoms with E-state index >= 15 is 0 Å². The second kappa shape index (κ2) is 10.4. The fraction of sp³-hybridized carbons (Fsp3) is 0.360. The summed E-state index contributed by atoms with van der Waals surface area (Å²) in [4.78, 5) is 28.0. The van der Waals surface area contributed by atoms with Crippen molar-refractivity contribution in [3.05, 3.63) is 59.4 Å². The summed E-state index contributed by atoms with van der Waals surface area (Å²) in [6.07, 6.45) is 0. The number of anilines is 1. The molecular formula is C25H28FN5O2S. The van der Waals surface area contributed by atoms with Gasteiger partial charge in [-0.2, -0.15) is 0 Å². The zero-order valence-corrected chi connectivity index (χ0v) is 20.4. The van der Waals surface area contributed by atoms with Gasteiger partial charge in [-0.15, -0.1) is 10.2 Å². The van der Waals surface area contributed by atoms with Crippen molar-refractivity contribution in [1.82, 2.24) is 19.7 Å². The van der Waals surface area contributed by atoms with Crippen LogP contribution in [-0.4, -0.2) is 63.3 Å². The highest BCUT2D eigenvalue weighted by Crippen LogP contribution is 2.27. The van der Waals surface area contributed by atoms with Gasteiger partial charge in [-0.1, -0.05) is 36.0 Å². The Morgan fingerprint density at radius 3 is 2.44 bits per heavy atom. The second-order valence-electron chi connectivity index (χ2n) is 8.24. The maximum Gasteiger partial charge on any atom is 0.233 e. The molecule has 4 rings (SSSR count). The lowest BCUT2D eigenvalue weighted by molar-refractivity contribution is -0.128. The number of hydrogen-bond acceptors (Lipinski definition) is 6. The molecule has 1 aromatic heterocycles. The van der Waals surface area contributed by atoms with Gasteiger partial charge in [0.2, 0.25) is 5.91 Å². The van der Waals surface area contributed by atoms with Gasteiger partial charge in [0.1, 0.15) is 5.82 Å². The number of halogens is 1. The molecule has 0 N–H and O–H groups in total. The van der Waals surface area contributed by atoms with Crippen LogP contribution in [-0.2, 0) is 11.3 Å². The summed E-state index contributed by atoms with van der Waals surface area (Å²) in [5.74, 6) is 0.532. The molecule has 0 radical (unpaired) electrons. The van der Waals surface area contributed by atoms with E-state index in [2.05, 4.69) is 10.2 Å². The molecule has 2 aromatic carbocycles. The smallest absolute Gasteiger partial charge is 0.233 e. The normalized spacial score (nSPS) is 13.9. The van der Waals surface area contributed by atoms with Crippen molar-refractivity contribution in [2.75, 3.05) is 36.8 Å². The van der Waals surface area contributed by atoms with E-state index in [1.807, 2.05) is 47.6 Å². The van der Waals surface area contributed by atoms with Crippen LogP contribution < -0.4 is 4.90 Å². The molecule has 178 valence electrons. The van der Waals surface area contributed by atoms with Crippen molar-refractivity contribution < 1.29 is 14.0 Å². The highest BCUT2D eigenvalue weighted by atomic mass is 32.2. The molecule has 1 aliphatic rings. The number of ketones is 1. The van der Waals surface area contributed by atoms with E-state index in [9.17, 15) is 14.0 Å². The number of aryl methyl sites for hydroxylation is 1. The number of piperazine rings is 1. The van der Waals surface area contributed by atoms with Crippen LogP contribution in [0.2, 0.25) is 0 Å². The molecular weight excluding hydrogens is 453 g/mol. The van der Waals surface area contributed by atoms with E-state index in [0.717, 1.165) is 22.1 Å². The summed E-state index contributed by atoms with van der Waals surface area (Å²) >= 11 is 1.39. The van der Waals surface area contributed by atoms with E-state index in [0.29, 0.717) is 44.0 Å². The zero-order chi connectivity index (χ0) is 24.2. The Balaban J connectivity index is 1.36. The van der Waals surface area contributed by atoms with Crippen LogP contribution in [0.5, 0.6) is 0 Å². The minimum atomic E-state index is -0.411. The maximum atomic E-state index is 14.5. The average Bonchev–Trinajstić information content (AvgIpc) is 3.25. The lowest BCUT2D eigenvalue weighted by Gasteiger charge is -2.36. The van der Waals surface area contributed by atoms with Gasteiger partial charge in [-0.25, -0.2) is 4.39 Å². The van der Waals surface area contributed by atoms with Crippen molar-refractivity contribution in [3.63, 3.8) is 0 Å². The molecule has 0 atom stereocenters. The lowest BCUT2D eigenvalue weighted by Crippen LogP contribution is -2.49. The standard InChI is InChI=1S/C25H28FN5O2S/c1-4-31-24(20-8-6-5-7-17(20)2)27-28-25(31)34-16-23(33)30-13-11-29(12-14-30)22-10-9-19(18(3)32)15-21(22)26/h5-10,15H,4,11-14,16H2,1-3H3. The Kier molecular flexibility index (Phi) is 7.31. The molecule has 1 fully saturated rings. The third kappa shape index (κ3) is 4.99. The summed E-state index contributed by atoms with van der Waals surface area (Å²) in [7, 11) is 0. The Hall–Kier alpha value is -3.20. The first kappa shape index (κ1) is 23.9. The van der Waals surface area contributed by atoms with E-state index in [4.69, 9.17) is 0 Å². The SMILES string of the molecule is CCn1c(SCC(=O)N2CCN(c3ccc(C(C)=O)cc3F)CC2)nnc1-c1ccccc1C. The van der Waals surface area contributed by atoms with Gasteiger partial charge < -0.3 is 14.4 Å². The quantitative estimate of drug-likeness (QED) is 0.375. The second-order valence-corrected chi connectivity index (χ2v) is 9.19. The van der Waals surface area contributed by atoms with Gasteiger partial charge >= 0.3 is 0 Å². The number of carbonyl (C=O) groups is 2. The predicted molar refractivity (Wildman–Crippen MR) is 132 cm³/mol. The first-order valence-electron chi connectivity index (χ1n) is 11.3. The van der Waals surface area contributed by atoms with Crippen LogP contribution in [0, 0.1) is 12.7 Å². The van der Waals surface area contributed by atoms with E-state index in [-0.39, 0.29) is 17.4 Å². The number of nitrogens with zero attached hydrogens (tertiary/aromatic N) is 5. The molecule has 7 nitrogen and oxygen atoms in total. The number of aromatic nitrogens is 3. The molecule has 0 bridgehead atoms. The van der Waals surface area contributed by atoms with Crippen molar-refractivity contribution >= 4 is 29.1 Å². The van der Waals surface area contributed by atoms with Crippen LogP contribution in [0.25, 0.3) is 11.4 Å². The molecule has 1 aliphatic heterocycles. The van der Waals surface area contributed by atoms with Gasteiger partial charge in [0.25, 0.3) is 0 Å². The molecule has 0 saturated carbocycles. The molecule has 0 aliphatic carbocycles. The molecule has 9 heteroatoms. The van der Waals surface area contributed by atoms with Gasteiger partial charge in [0, 0.05) is 43.9 Å². The van der Waals surface area contributed by atoms with Crippen molar-refractivity contribution in [3.8, 4) is 11.4 Å². The van der Waals surface area contributed by atoms with Gasteiger partial charge in [0.15, 0.2) is 16.8 Å². The van der Waals surface area contributed by atoms with Gasteiger partial charge in [-0.3, -0.25) is 9.59 Å². The molecule has 0 unspecified atom stereocenters. The number of thioether (sulfide) groups is 1. The summed E-state index contributed by atoms with van der Waals surface area (Å²) in [6.45, 7) is 8.32. The number of carbonyl (C=O) groups excluding carboxylic acids is 2. The van der Waals surface area contributed by atoms with Crippen LogP contribution in [0.4, 0.5) is 10.1 Å². The highest BCUT2D eigenvalue weighted by Gasteiger charge is 2.24. The maximum absolute atomic E-state index is 14.5. The van der Waals surface area contributed by atoms with Crippen molar-refractivity contribution in [2.45, 2.75) is 32.5 Å². The molecule has 2 heterocycles. The first-order valence-corrected chi connectivity index (χ1v) is 12.3. The molecule has 1 saturated heterocycles. The van der Waals surface area contributed by atoms with Crippen molar-refractivity contribution in [2.24, 2.45) is 0 Å². The minimum absolute atomic E-state index is 0.0279. The molecule has 34 heavy (non-hydrogen) atoms. The van der Waals surface area contributed by atoms with Crippen LogP contribution >= 0.6 is 11.8 Å². The summed E-state index contributed by atoms with van der Waals surface area (Å²) in [5.41, 5.74) is 2.99. The van der Waals surface area contributed by atoms with E-state index in [1.165, 1.54) is 24.8 Å². The summed E-state index contributed by atoms with van der Waals surface area (Å²) in [6, 6.07) is 12.6. The highest BCUT2D eigenvalue weighted by molar-refractivity contribution is 7.99. The zero-order valence-electron chi connectivity index (χ0n) is 19.6. The Morgan fingerprint density at radius 1 is 1.06 bits per heavy atom. The minimum Gasteiger partial charge on any atom is -0.366 e. The van der Waals surface area contributed by atoms with Crippen molar-refractivity contribution in [1.29, 1.82) is 0 Å². The average molecular weight is 482 g/mol. The first-order chi connectivity index (χ1) is 16.4. The summed E-state index contributed by atoms with van der Waals surface area (Å²) < 4.78 is 16.5. The monoisotopic (exact) mass is 481 g/mol. The fourth-order valence-electron chi connectivity index (χ4n) is 4.10. The Labute approximate surface area is 203 Å². The van der Waals surface area contributed by atoms with E-state index in [1.54, 1.807) is 17.0 Å². The van der Waals surface area contributed by atoms with Gasteiger partial charge in [-0.05, 0) is 44.5 Å². The molecule has 3 aromatic rings. The number of Topliss-reactive ketones (excluding diaryl/α,β-unsaturated/α-hetero) is 1. The number of rotatable bonds is 7. The van der Waals surface area contributed by atoms with Crippen LogP contribution in [0.1, 0.15) is 29.8 Å². The Morgan fingerprint density at radius 2 is 1.79 bits per heavy atom.